The largest absolute Gasteiger partial charge is 0.393 e. The van der Waals surface area contributed by atoms with Crippen LogP contribution in [0.3, 0.4) is 0 Å². The lowest BCUT2D eigenvalue weighted by Gasteiger charge is -2.29. The number of hydrogen-bond acceptors (Lipinski definition) is 7. The predicted octanol–water partition coefficient (Wildman–Crippen LogP) is 2.35. The molecule has 0 atom stereocenters. The van der Waals surface area contributed by atoms with Gasteiger partial charge >= 0.3 is 0 Å². The second-order valence-electron chi connectivity index (χ2n) is 9.43. The standard InChI is InChI=1S/C23H25FN6O3/c1-23(7-8-23)22-26-20(27-33-22)17-19-21(32)29(12-11-28-9-5-14(31)6-10-28)18-15(24)3-2-4-16(18)30(19)13-25-17/h2-4,13-14,31H,5-12H2,1H3. The maximum absolute atomic E-state index is 15.0. The van der Waals surface area contributed by atoms with E-state index in [-0.39, 0.29) is 28.4 Å². The fourth-order valence-electron chi connectivity index (χ4n) is 4.66. The van der Waals surface area contributed by atoms with Crippen molar-refractivity contribution in [3.8, 4) is 11.5 Å². The minimum absolute atomic E-state index is 0.0984. The van der Waals surface area contributed by atoms with Gasteiger partial charge in [0.2, 0.25) is 11.7 Å². The lowest BCUT2D eigenvalue weighted by molar-refractivity contribution is 0.0810. The molecule has 172 valence electrons. The SMILES string of the molecule is CC1(c2nc(-c3ncn4c3c(=O)n(CCN3CCC(O)CC3)c3c(F)cccc34)no2)CC1. The number of rotatable bonds is 5. The second kappa shape index (κ2) is 7.46. The zero-order valence-corrected chi connectivity index (χ0v) is 18.4. The zero-order chi connectivity index (χ0) is 22.7. The molecule has 2 fully saturated rings. The highest BCUT2D eigenvalue weighted by molar-refractivity contribution is 5.84. The Bertz CT molecular complexity index is 1410. The number of aliphatic hydroxyl groups excluding tert-OH is 1. The summed E-state index contributed by atoms with van der Waals surface area (Å²) in [6.45, 7) is 4.48. The maximum Gasteiger partial charge on any atom is 0.277 e. The lowest BCUT2D eigenvalue weighted by atomic mass is 10.1. The van der Waals surface area contributed by atoms with Crippen molar-refractivity contribution in [3.05, 3.63) is 46.6 Å². The molecule has 33 heavy (non-hydrogen) atoms. The molecule has 1 N–H and O–H groups in total. The molecular formula is C23H25FN6O3. The third kappa shape index (κ3) is 3.36. The summed E-state index contributed by atoms with van der Waals surface area (Å²) in [5, 5.41) is 13.9. The number of fused-ring (bicyclic) bond motifs is 3. The van der Waals surface area contributed by atoms with Gasteiger partial charge in [0.1, 0.15) is 28.9 Å². The molecule has 10 heteroatoms. The number of para-hydroxylation sites is 1. The van der Waals surface area contributed by atoms with Gasteiger partial charge in [-0.3, -0.25) is 9.20 Å². The molecular weight excluding hydrogens is 427 g/mol. The van der Waals surface area contributed by atoms with E-state index in [1.807, 2.05) is 0 Å². The Morgan fingerprint density at radius 2 is 2.00 bits per heavy atom. The quantitative estimate of drug-likeness (QED) is 0.496. The van der Waals surface area contributed by atoms with E-state index in [1.54, 1.807) is 16.5 Å². The third-order valence-electron chi connectivity index (χ3n) is 7.06. The van der Waals surface area contributed by atoms with Crippen LogP contribution in [0.15, 0.2) is 33.8 Å². The van der Waals surface area contributed by atoms with Gasteiger partial charge < -0.3 is 19.1 Å². The van der Waals surface area contributed by atoms with Gasteiger partial charge in [-0.2, -0.15) is 4.98 Å². The molecule has 2 aliphatic rings. The normalized spacial score (nSPS) is 19.0. The van der Waals surface area contributed by atoms with E-state index in [9.17, 15) is 14.3 Å². The molecule has 1 aliphatic carbocycles. The highest BCUT2D eigenvalue weighted by atomic mass is 19.1. The molecule has 1 saturated carbocycles. The van der Waals surface area contributed by atoms with Crippen LogP contribution in [-0.2, 0) is 12.0 Å². The summed E-state index contributed by atoms with van der Waals surface area (Å²) >= 11 is 0. The average molecular weight is 452 g/mol. The van der Waals surface area contributed by atoms with Crippen molar-refractivity contribution in [2.75, 3.05) is 19.6 Å². The topological polar surface area (TPSA) is 102 Å². The number of hydrogen-bond donors (Lipinski definition) is 1. The Morgan fingerprint density at radius 3 is 2.76 bits per heavy atom. The summed E-state index contributed by atoms with van der Waals surface area (Å²) in [4.78, 5) is 24.8. The van der Waals surface area contributed by atoms with E-state index in [1.165, 1.54) is 17.0 Å². The van der Waals surface area contributed by atoms with Crippen LogP contribution in [0.5, 0.6) is 0 Å². The fourth-order valence-corrected chi connectivity index (χ4v) is 4.66. The summed E-state index contributed by atoms with van der Waals surface area (Å²) < 4.78 is 23.5. The zero-order valence-electron chi connectivity index (χ0n) is 18.4. The first-order valence-electron chi connectivity index (χ1n) is 11.4. The molecule has 9 nitrogen and oxygen atoms in total. The van der Waals surface area contributed by atoms with Crippen molar-refractivity contribution in [1.29, 1.82) is 0 Å². The van der Waals surface area contributed by atoms with Crippen molar-refractivity contribution in [2.24, 2.45) is 0 Å². The molecule has 0 spiro atoms. The number of aliphatic hydroxyl groups is 1. The lowest BCUT2D eigenvalue weighted by Crippen LogP contribution is -2.39. The van der Waals surface area contributed by atoms with E-state index < -0.39 is 5.82 Å². The second-order valence-corrected chi connectivity index (χ2v) is 9.43. The van der Waals surface area contributed by atoms with Crippen molar-refractivity contribution in [3.63, 3.8) is 0 Å². The predicted molar refractivity (Wildman–Crippen MR) is 118 cm³/mol. The van der Waals surface area contributed by atoms with Gasteiger partial charge in [0.15, 0.2) is 0 Å². The van der Waals surface area contributed by atoms with Crippen LogP contribution in [0.1, 0.15) is 38.5 Å². The molecule has 0 bridgehead atoms. The van der Waals surface area contributed by atoms with Gasteiger partial charge in [-0.25, -0.2) is 9.37 Å². The summed E-state index contributed by atoms with van der Waals surface area (Å²) in [5.41, 5.74) is 0.987. The minimum Gasteiger partial charge on any atom is -0.393 e. The van der Waals surface area contributed by atoms with Crippen LogP contribution >= 0.6 is 0 Å². The van der Waals surface area contributed by atoms with Crippen molar-refractivity contribution in [2.45, 2.75) is 50.7 Å². The maximum atomic E-state index is 15.0. The number of aromatic nitrogens is 5. The minimum atomic E-state index is -0.459. The van der Waals surface area contributed by atoms with E-state index in [0.29, 0.717) is 48.5 Å². The Labute approximate surface area is 188 Å². The molecule has 0 amide bonds. The van der Waals surface area contributed by atoms with Crippen LogP contribution in [0.4, 0.5) is 4.39 Å². The molecule has 1 aliphatic heterocycles. The van der Waals surface area contributed by atoms with E-state index >= 15 is 0 Å². The Balaban J connectivity index is 1.47. The Kier molecular flexibility index (Phi) is 4.63. The number of likely N-dealkylation sites (tertiary alicyclic amines) is 1. The monoisotopic (exact) mass is 452 g/mol. The highest BCUT2D eigenvalue weighted by Crippen LogP contribution is 2.47. The molecule has 6 rings (SSSR count). The number of halogens is 1. The Morgan fingerprint density at radius 1 is 1.21 bits per heavy atom. The molecule has 1 aromatic carbocycles. The summed E-state index contributed by atoms with van der Waals surface area (Å²) in [6.07, 6.45) is 4.62. The molecule has 4 aromatic rings. The average Bonchev–Trinajstić information content (AvgIpc) is 3.21. The first-order valence-corrected chi connectivity index (χ1v) is 11.4. The van der Waals surface area contributed by atoms with Crippen molar-refractivity contribution in [1.82, 2.24) is 29.0 Å². The highest BCUT2D eigenvalue weighted by Gasteiger charge is 2.44. The van der Waals surface area contributed by atoms with Gasteiger partial charge in [0, 0.05) is 31.6 Å². The third-order valence-corrected chi connectivity index (χ3v) is 7.06. The van der Waals surface area contributed by atoms with Gasteiger partial charge in [-0.15, -0.1) is 0 Å². The van der Waals surface area contributed by atoms with Crippen LogP contribution in [0.2, 0.25) is 0 Å². The van der Waals surface area contributed by atoms with Gasteiger partial charge in [0.25, 0.3) is 5.56 Å². The number of piperidine rings is 1. The van der Waals surface area contributed by atoms with E-state index in [0.717, 1.165) is 25.9 Å². The van der Waals surface area contributed by atoms with Crippen LogP contribution in [-0.4, -0.2) is 59.8 Å². The molecule has 0 radical (unpaired) electrons. The van der Waals surface area contributed by atoms with Gasteiger partial charge in [-0.05, 0) is 37.8 Å². The number of benzene rings is 1. The molecule has 3 aromatic heterocycles. The summed E-state index contributed by atoms with van der Waals surface area (Å²) in [7, 11) is 0. The van der Waals surface area contributed by atoms with Crippen molar-refractivity contribution >= 4 is 16.6 Å². The van der Waals surface area contributed by atoms with E-state index in [4.69, 9.17) is 4.52 Å². The van der Waals surface area contributed by atoms with Crippen LogP contribution < -0.4 is 5.56 Å². The summed E-state index contributed by atoms with van der Waals surface area (Å²) in [5.74, 6) is 0.363. The van der Waals surface area contributed by atoms with E-state index in [2.05, 4.69) is 26.9 Å². The molecule has 4 heterocycles. The number of imidazole rings is 1. The van der Waals surface area contributed by atoms with Crippen LogP contribution in [0.25, 0.3) is 28.1 Å². The first-order chi connectivity index (χ1) is 15.9. The van der Waals surface area contributed by atoms with Crippen LogP contribution in [0, 0.1) is 5.82 Å². The summed E-state index contributed by atoms with van der Waals surface area (Å²) in [6, 6.07) is 4.76. The fraction of sp³-hybridized carbons (Fsp3) is 0.478. The first kappa shape index (κ1) is 20.5. The van der Waals surface area contributed by atoms with Crippen molar-refractivity contribution < 1.29 is 14.0 Å². The smallest absolute Gasteiger partial charge is 0.277 e. The molecule has 0 unspecified atom stereocenters. The van der Waals surface area contributed by atoms with Gasteiger partial charge in [-0.1, -0.05) is 18.1 Å². The Hall–Kier alpha value is -3.11. The van der Waals surface area contributed by atoms with Gasteiger partial charge in [0.05, 0.1) is 11.6 Å². The molecule has 1 saturated heterocycles. The number of nitrogens with zero attached hydrogens (tertiary/aromatic N) is 6.